The van der Waals surface area contributed by atoms with Crippen LogP contribution in [-0.2, 0) is 9.53 Å². The largest absolute Gasteiger partial charge is 0.389 e. The Labute approximate surface area is 97.7 Å². The molecule has 1 fully saturated rings. The molecule has 17 heavy (non-hydrogen) atoms. The zero-order valence-corrected chi connectivity index (χ0v) is 9.43. The number of hydrogen-bond acceptors (Lipinski definition) is 3. The lowest BCUT2D eigenvalue weighted by molar-refractivity contribution is -0.138. The zero-order chi connectivity index (χ0) is 12.9. The summed E-state index contributed by atoms with van der Waals surface area (Å²) in [7, 11) is 0. The topological polar surface area (TPSA) is 64.4 Å². The molecule has 0 aliphatic heterocycles. The van der Waals surface area contributed by atoms with E-state index in [1.807, 2.05) is 0 Å². The van der Waals surface area contributed by atoms with Crippen LogP contribution in [0, 0.1) is 0 Å². The molecule has 0 aromatic heterocycles. The molecule has 100 valence electrons. The third-order valence-corrected chi connectivity index (χ3v) is 2.39. The number of alkyl halides is 3. The quantitative estimate of drug-likeness (QED) is 0.634. The molecular formula is C10H17F3N2O2. The van der Waals surface area contributed by atoms with Gasteiger partial charge in [0.15, 0.2) is 0 Å². The number of carbonyl (C=O) groups excluding carboxylic acids is 1. The molecule has 1 aliphatic carbocycles. The van der Waals surface area contributed by atoms with E-state index >= 15 is 0 Å². The number of ether oxygens (including phenoxy) is 1. The number of carbonyl (C=O) groups is 1. The highest BCUT2D eigenvalue weighted by Gasteiger charge is 2.28. The Morgan fingerprint density at radius 2 is 2.12 bits per heavy atom. The van der Waals surface area contributed by atoms with E-state index in [9.17, 15) is 18.0 Å². The SMILES string of the molecule is NC(=O)C(COCCCC(F)(F)F)NC1CC1. The molecular weight excluding hydrogens is 237 g/mol. The van der Waals surface area contributed by atoms with E-state index in [1.165, 1.54) is 0 Å². The predicted molar refractivity (Wildman–Crippen MR) is 55.2 cm³/mol. The summed E-state index contributed by atoms with van der Waals surface area (Å²) in [5.41, 5.74) is 5.14. The van der Waals surface area contributed by atoms with Crippen LogP contribution in [0.5, 0.6) is 0 Å². The monoisotopic (exact) mass is 254 g/mol. The van der Waals surface area contributed by atoms with Crippen molar-refractivity contribution in [2.24, 2.45) is 5.73 Å². The number of rotatable bonds is 8. The summed E-state index contributed by atoms with van der Waals surface area (Å²) in [6.07, 6.45) is -3.13. The predicted octanol–water partition coefficient (Wildman–Crippen LogP) is 0.951. The number of nitrogens with one attached hydrogen (secondary N) is 1. The third kappa shape index (κ3) is 7.17. The van der Waals surface area contributed by atoms with E-state index in [-0.39, 0.29) is 19.6 Å². The molecule has 0 aromatic carbocycles. The highest BCUT2D eigenvalue weighted by Crippen LogP contribution is 2.21. The maximum Gasteiger partial charge on any atom is 0.389 e. The lowest BCUT2D eigenvalue weighted by atomic mass is 10.3. The first-order valence-corrected chi connectivity index (χ1v) is 5.58. The molecule has 1 unspecified atom stereocenters. The van der Waals surface area contributed by atoms with Crippen molar-refractivity contribution >= 4 is 5.91 Å². The summed E-state index contributed by atoms with van der Waals surface area (Å²) in [6.45, 7) is 0.0132. The van der Waals surface area contributed by atoms with Gasteiger partial charge >= 0.3 is 6.18 Å². The molecule has 1 atom stereocenters. The number of amides is 1. The van der Waals surface area contributed by atoms with Crippen LogP contribution >= 0.6 is 0 Å². The Bertz CT molecular complexity index is 254. The summed E-state index contributed by atoms with van der Waals surface area (Å²) in [6, 6.07) is -0.306. The highest BCUT2D eigenvalue weighted by molar-refractivity contribution is 5.80. The van der Waals surface area contributed by atoms with Gasteiger partial charge < -0.3 is 15.8 Å². The van der Waals surface area contributed by atoms with Crippen LogP contribution in [0.25, 0.3) is 0 Å². The smallest absolute Gasteiger partial charge is 0.379 e. The van der Waals surface area contributed by atoms with Crippen LogP contribution < -0.4 is 11.1 Å². The van der Waals surface area contributed by atoms with Gasteiger partial charge in [0.25, 0.3) is 0 Å². The van der Waals surface area contributed by atoms with E-state index in [4.69, 9.17) is 10.5 Å². The lowest BCUT2D eigenvalue weighted by Gasteiger charge is -2.15. The molecule has 0 saturated heterocycles. The van der Waals surface area contributed by atoms with Crippen molar-refractivity contribution in [3.63, 3.8) is 0 Å². The number of halogens is 3. The Morgan fingerprint density at radius 1 is 1.47 bits per heavy atom. The fourth-order valence-electron chi connectivity index (χ4n) is 1.32. The van der Waals surface area contributed by atoms with E-state index in [0.29, 0.717) is 6.04 Å². The van der Waals surface area contributed by atoms with Crippen LogP contribution in [0.1, 0.15) is 25.7 Å². The van der Waals surface area contributed by atoms with Gasteiger partial charge in [-0.05, 0) is 19.3 Å². The van der Waals surface area contributed by atoms with Crippen molar-refractivity contribution in [2.45, 2.75) is 43.9 Å². The molecule has 0 spiro atoms. The Balaban J connectivity index is 2.07. The van der Waals surface area contributed by atoms with Crippen LogP contribution in [-0.4, -0.2) is 37.4 Å². The van der Waals surface area contributed by atoms with Gasteiger partial charge in [0.1, 0.15) is 6.04 Å². The summed E-state index contributed by atoms with van der Waals surface area (Å²) in [4.78, 5) is 11.0. The minimum Gasteiger partial charge on any atom is -0.379 e. The Hall–Kier alpha value is -0.820. The lowest BCUT2D eigenvalue weighted by Crippen LogP contribution is -2.45. The molecule has 1 aliphatic rings. The molecule has 0 radical (unpaired) electrons. The Morgan fingerprint density at radius 3 is 2.59 bits per heavy atom. The van der Waals surface area contributed by atoms with Crippen molar-refractivity contribution in [1.82, 2.24) is 5.32 Å². The van der Waals surface area contributed by atoms with Gasteiger partial charge in [-0.2, -0.15) is 13.2 Å². The number of primary amides is 1. The average molecular weight is 254 g/mol. The Kier molecular flexibility index (Phi) is 5.20. The fourth-order valence-corrected chi connectivity index (χ4v) is 1.32. The molecule has 0 bridgehead atoms. The first-order valence-electron chi connectivity index (χ1n) is 5.58. The van der Waals surface area contributed by atoms with Gasteiger partial charge in [-0.15, -0.1) is 0 Å². The van der Waals surface area contributed by atoms with Gasteiger partial charge in [0, 0.05) is 19.1 Å². The summed E-state index contributed by atoms with van der Waals surface area (Å²) in [5, 5.41) is 2.98. The van der Waals surface area contributed by atoms with E-state index in [0.717, 1.165) is 12.8 Å². The van der Waals surface area contributed by atoms with Crippen molar-refractivity contribution in [3.8, 4) is 0 Å². The molecule has 1 saturated carbocycles. The fraction of sp³-hybridized carbons (Fsp3) is 0.900. The minimum atomic E-state index is -4.15. The number of hydrogen-bond donors (Lipinski definition) is 2. The van der Waals surface area contributed by atoms with Crippen LogP contribution in [0.15, 0.2) is 0 Å². The summed E-state index contributed by atoms with van der Waals surface area (Å²) in [5.74, 6) is -0.535. The highest BCUT2D eigenvalue weighted by atomic mass is 19.4. The maximum absolute atomic E-state index is 11.8. The summed E-state index contributed by atoms with van der Waals surface area (Å²) >= 11 is 0. The van der Waals surface area contributed by atoms with Gasteiger partial charge in [-0.3, -0.25) is 4.79 Å². The van der Waals surface area contributed by atoms with Crippen LogP contribution in [0.2, 0.25) is 0 Å². The van der Waals surface area contributed by atoms with E-state index in [1.54, 1.807) is 0 Å². The summed E-state index contributed by atoms with van der Waals surface area (Å²) < 4.78 is 40.4. The van der Waals surface area contributed by atoms with E-state index in [2.05, 4.69) is 5.32 Å². The van der Waals surface area contributed by atoms with Crippen LogP contribution in [0.3, 0.4) is 0 Å². The third-order valence-electron chi connectivity index (χ3n) is 2.39. The second-order valence-electron chi connectivity index (χ2n) is 4.19. The molecule has 3 N–H and O–H groups in total. The van der Waals surface area contributed by atoms with Gasteiger partial charge in [0.2, 0.25) is 5.91 Å². The molecule has 1 amide bonds. The molecule has 0 heterocycles. The normalized spacial score (nSPS) is 18.1. The van der Waals surface area contributed by atoms with Crippen LogP contribution in [0.4, 0.5) is 13.2 Å². The van der Waals surface area contributed by atoms with Crippen molar-refractivity contribution in [1.29, 1.82) is 0 Å². The first kappa shape index (κ1) is 14.2. The van der Waals surface area contributed by atoms with Gasteiger partial charge in [0.05, 0.1) is 6.61 Å². The second-order valence-corrected chi connectivity index (χ2v) is 4.19. The molecule has 7 heteroatoms. The molecule has 1 rings (SSSR count). The molecule has 4 nitrogen and oxygen atoms in total. The first-order chi connectivity index (χ1) is 7.88. The van der Waals surface area contributed by atoms with Gasteiger partial charge in [-0.25, -0.2) is 0 Å². The van der Waals surface area contributed by atoms with Crippen molar-refractivity contribution in [2.75, 3.05) is 13.2 Å². The van der Waals surface area contributed by atoms with Crippen molar-refractivity contribution in [3.05, 3.63) is 0 Å². The zero-order valence-electron chi connectivity index (χ0n) is 9.43. The standard InChI is InChI=1S/C10H17F3N2O2/c11-10(12,13)4-1-5-17-6-8(9(14)16)15-7-2-3-7/h7-8,15H,1-6H2,(H2,14,16). The maximum atomic E-state index is 11.8. The number of nitrogens with two attached hydrogens (primary N) is 1. The minimum absolute atomic E-state index is 0.0182. The van der Waals surface area contributed by atoms with Gasteiger partial charge in [-0.1, -0.05) is 0 Å². The van der Waals surface area contributed by atoms with E-state index < -0.39 is 24.5 Å². The average Bonchev–Trinajstić information content (AvgIpc) is 2.97. The second kappa shape index (κ2) is 6.20. The van der Waals surface area contributed by atoms with Crippen molar-refractivity contribution < 1.29 is 22.7 Å². The molecule has 0 aromatic rings.